The molecule has 137 valence electrons. The van der Waals surface area contributed by atoms with Crippen molar-refractivity contribution in [1.82, 2.24) is 0 Å². The first-order chi connectivity index (χ1) is 11.4. The first-order valence-electron chi connectivity index (χ1n) is 7.15. The van der Waals surface area contributed by atoms with Crippen molar-refractivity contribution in [3.8, 4) is 11.5 Å². The van der Waals surface area contributed by atoms with Gasteiger partial charge in [-0.15, -0.1) is 0 Å². The van der Waals surface area contributed by atoms with Gasteiger partial charge in [-0.2, -0.15) is 0 Å². The fourth-order valence-electron chi connectivity index (χ4n) is 1.55. The maximum Gasteiger partial charge on any atom is 2.00 e. The summed E-state index contributed by atoms with van der Waals surface area (Å²) in [6, 6.07) is 14.3. The van der Waals surface area contributed by atoms with Gasteiger partial charge in [-0.3, -0.25) is 0 Å². The number of benzene rings is 2. The minimum atomic E-state index is -1.21. The molecule has 2 aromatic rings. The molecule has 0 heterocycles. The second-order valence-electron chi connectivity index (χ2n) is 4.95. The third kappa shape index (κ3) is 10.8. The van der Waals surface area contributed by atoms with Gasteiger partial charge >= 0.3 is 17.1 Å². The summed E-state index contributed by atoms with van der Waals surface area (Å²) in [5, 5.41) is 20.0. The van der Waals surface area contributed by atoms with Gasteiger partial charge in [0.25, 0.3) is 0 Å². The Labute approximate surface area is 156 Å². The molecule has 2 rings (SSSR count). The largest absolute Gasteiger partial charge is 2.00 e. The van der Waals surface area contributed by atoms with Crippen molar-refractivity contribution in [3.63, 3.8) is 0 Å². The molecule has 0 saturated carbocycles. The first kappa shape index (κ1) is 22.5. The van der Waals surface area contributed by atoms with Crippen LogP contribution in [0.3, 0.4) is 0 Å². The zero-order valence-corrected chi connectivity index (χ0v) is 14.7. The molecule has 1 radical (unpaired) electrons. The van der Waals surface area contributed by atoms with E-state index in [-0.39, 0.29) is 17.1 Å². The van der Waals surface area contributed by atoms with Crippen LogP contribution in [0.4, 0.5) is 0 Å². The third-order valence-electron chi connectivity index (χ3n) is 2.76. The van der Waals surface area contributed by atoms with E-state index in [0.717, 1.165) is 11.1 Å². The Hall–Kier alpha value is -2.50. The van der Waals surface area contributed by atoms with Gasteiger partial charge in [-0.1, -0.05) is 35.4 Å². The van der Waals surface area contributed by atoms with Gasteiger partial charge < -0.3 is 29.3 Å². The Morgan fingerprint density at radius 2 is 1.00 bits per heavy atom. The maximum atomic E-state index is 10.0. The first-order valence-corrected chi connectivity index (χ1v) is 7.15. The molecule has 0 unspecified atom stereocenters. The van der Waals surface area contributed by atoms with E-state index in [0.29, 0.717) is 11.5 Å². The number of carboxylic acids is 2. The standard InChI is InChI=1S/2C9H10O3.Cu/c2*1-7-2-4-8(5-3-7)12-6-9(10)11;/h2*2-5H,6H2,1H3,(H,10,11);/q;;+2/p-2. The van der Waals surface area contributed by atoms with Crippen LogP contribution in [0, 0.1) is 13.8 Å². The van der Waals surface area contributed by atoms with Gasteiger partial charge in [-0.25, -0.2) is 0 Å². The zero-order valence-electron chi connectivity index (χ0n) is 13.8. The Morgan fingerprint density at radius 1 is 0.720 bits per heavy atom. The van der Waals surface area contributed by atoms with Crippen LogP contribution in [0.5, 0.6) is 11.5 Å². The van der Waals surface area contributed by atoms with Gasteiger partial charge in [0.15, 0.2) is 0 Å². The Balaban J connectivity index is 0.000000443. The third-order valence-corrected chi connectivity index (χ3v) is 2.76. The van der Waals surface area contributed by atoms with Crippen molar-refractivity contribution in [3.05, 3.63) is 59.7 Å². The van der Waals surface area contributed by atoms with E-state index >= 15 is 0 Å². The van der Waals surface area contributed by atoms with Crippen molar-refractivity contribution in [2.24, 2.45) is 0 Å². The summed E-state index contributed by atoms with van der Waals surface area (Å²) < 4.78 is 9.72. The molecule has 0 N–H and O–H groups in total. The van der Waals surface area contributed by atoms with Crippen molar-refractivity contribution in [1.29, 1.82) is 0 Å². The minimum absolute atomic E-state index is 0. The van der Waals surface area contributed by atoms with E-state index in [1.54, 1.807) is 24.3 Å². The van der Waals surface area contributed by atoms with Crippen molar-refractivity contribution in [2.45, 2.75) is 13.8 Å². The van der Waals surface area contributed by atoms with E-state index in [4.69, 9.17) is 9.47 Å². The molecule has 2 aromatic carbocycles. The van der Waals surface area contributed by atoms with Crippen molar-refractivity contribution in [2.75, 3.05) is 13.2 Å². The van der Waals surface area contributed by atoms with Crippen LogP contribution in [0.1, 0.15) is 11.1 Å². The van der Waals surface area contributed by atoms with E-state index in [9.17, 15) is 19.8 Å². The number of rotatable bonds is 6. The molecule has 7 heteroatoms. The summed E-state index contributed by atoms with van der Waals surface area (Å²) in [4.78, 5) is 20.0. The van der Waals surface area contributed by atoms with Crippen LogP contribution < -0.4 is 19.7 Å². The summed E-state index contributed by atoms with van der Waals surface area (Å²) in [7, 11) is 0. The smallest absolute Gasteiger partial charge is 0.546 e. The SMILES string of the molecule is Cc1ccc(OCC(=O)[O-])cc1.Cc1ccc(OCC(=O)[O-])cc1.[Cu+2]. The summed E-state index contributed by atoms with van der Waals surface area (Å²) in [5.74, 6) is -1.33. The predicted octanol–water partition coefficient (Wildman–Crippen LogP) is 0.245. The van der Waals surface area contributed by atoms with E-state index in [1.165, 1.54) is 0 Å². The van der Waals surface area contributed by atoms with Crippen LogP contribution in [0.15, 0.2) is 48.5 Å². The van der Waals surface area contributed by atoms with E-state index in [2.05, 4.69) is 0 Å². The molecule has 0 aliphatic rings. The second-order valence-corrected chi connectivity index (χ2v) is 4.95. The summed E-state index contributed by atoms with van der Waals surface area (Å²) in [5.41, 5.74) is 2.21. The fourth-order valence-corrected chi connectivity index (χ4v) is 1.55. The number of ether oxygens (including phenoxy) is 2. The van der Waals surface area contributed by atoms with Gasteiger partial charge in [0.05, 0.1) is 11.9 Å². The minimum Gasteiger partial charge on any atom is -0.546 e. The average molecular weight is 394 g/mol. The molecular weight excluding hydrogens is 376 g/mol. The van der Waals surface area contributed by atoms with Crippen LogP contribution in [0.2, 0.25) is 0 Å². The molecule has 25 heavy (non-hydrogen) atoms. The number of hydrogen-bond donors (Lipinski definition) is 0. The molecule has 0 saturated heterocycles. The Bertz CT molecular complexity index is 593. The van der Waals surface area contributed by atoms with Gasteiger partial charge in [-0.05, 0) is 38.1 Å². The van der Waals surface area contributed by atoms with Crippen LogP contribution in [-0.2, 0) is 26.7 Å². The summed E-state index contributed by atoms with van der Waals surface area (Å²) in [6.45, 7) is 3.09. The molecule has 0 aliphatic carbocycles. The molecule has 0 amide bonds. The van der Waals surface area contributed by atoms with Crippen LogP contribution >= 0.6 is 0 Å². The normalized spacial score (nSPS) is 9.04. The Morgan fingerprint density at radius 3 is 1.24 bits per heavy atom. The number of carbonyl (C=O) groups is 2. The molecule has 0 aromatic heterocycles. The van der Waals surface area contributed by atoms with Crippen molar-refractivity contribution >= 4 is 11.9 Å². The summed E-state index contributed by atoms with van der Waals surface area (Å²) in [6.07, 6.45) is 0. The number of hydrogen-bond acceptors (Lipinski definition) is 6. The van der Waals surface area contributed by atoms with Crippen molar-refractivity contribution < 1.29 is 46.3 Å². The molecule has 6 nitrogen and oxygen atoms in total. The monoisotopic (exact) mass is 393 g/mol. The second kappa shape index (κ2) is 11.9. The molecule has 0 atom stereocenters. The topological polar surface area (TPSA) is 98.7 Å². The van der Waals surface area contributed by atoms with Crippen LogP contribution in [0.25, 0.3) is 0 Å². The van der Waals surface area contributed by atoms with Gasteiger partial charge in [0.2, 0.25) is 0 Å². The molecule has 0 aliphatic heterocycles. The maximum absolute atomic E-state index is 10.0. The zero-order chi connectivity index (χ0) is 17.9. The molecule has 0 fully saturated rings. The summed E-state index contributed by atoms with van der Waals surface area (Å²) >= 11 is 0. The average Bonchev–Trinajstić information content (AvgIpc) is 2.54. The predicted molar refractivity (Wildman–Crippen MR) is 83.4 cm³/mol. The van der Waals surface area contributed by atoms with E-state index in [1.807, 2.05) is 38.1 Å². The van der Waals surface area contributed by atoms with Gasteiger partial charge in [0.1, 0.15) is 24.7 Å². The number of aryl methyl sites for hydroxylation is 2. The van der Waals surface area contributed by atoms with E-state index < -0.39 is 25.2 Å². The molecule has 0 bridgehead atoms. The number of aliphatic carboxylic acids is 2. The van der Waals surface area contributed by atoms with Crippen LogP contribution in [-0.4, -0.2) is 25.2 Å². The quantitative estimate of drug-likeness (QED) is 0.652. The molecular formula is C18H18CuO6. The number of carbonyl (C=O) groups excluding carboxylic acids is 2. The van der Waals surface area contributed by atoms with Gasteiger partial charge in [0, 0.05) is 0 Å². The number of carboxylic acid groups (broad SMARTS) is 2. The molecule has 0 spiro atoms. The Kier molecular flexibility index (Phi) is 10.8. The fraction of sp³-hybridized carbons (Fsp3) is 0.222.